The first-order chi connectivity index (χ1) is 6.69. The number of nitrogens with zero attached hydrogens (tertiary/aromatic N) is 1. The van der Waals surface area contributed by atoms with Gasteiger partial charge in [0.2, 0.25) is 0 Å². The molecule has 0 aliphatic rings. The smallest absolute Gasteiger partial charge is 0.174 e. The lowest BCUT2D eigenvalue weighted by Crippen LogP contribution is -1.98. The molecule has 0 saturated heterocycles. The molecule has 1 aromatic rings. The van der Waals surface area contributed by atoms with Crippen LogP contribution in [0.4, 0.5) is 0 Å². The van der Waals surface area contributed by atoms with Gasteiger partial charge in [-0.25, -0.2) is 0 Å². The Kier molecular flexibility index (Phi) is 4.73. The van der Waals surface area contributed by atoms with E-state index in [2.05, 4.69) is 31.9 Å². The number of nitriles is 1. The fourth-order valence-electron chi connectivity index (χ4n) is 0.979. The zero-order valence-corrected chi connectivity index (χ0v) is 11.0. The van der Waals surface area contributed by atoms with Gasteiger partial charge in [0.05, 0.1) is 10.4 Å². The van der Waals surface area contributed by atoms with Gasteiger partial charge in [-0.05, 0) is 28.1 Å². The molecule has 0 aromatic heterocycles. The van der Waals surface area contributed by atoms with E-state index in [-0.39, 0.29) is 6.61 Å². The molecule has 5 heteroatoms. The second-order valence-electron chi connectivity index (χ2n) is 2.46. The van der Waals surface area contributed by atoms with Gasteiger partial charge in [0.25, 0.3) is 0 Å². The zero-order valence-electron chi connectivity index (χ0n) is 7.06. The summed E-state index contributed by atoms with van der Waals surface area (Å²) in [4.78, 5) is 0. The van der Waals surface area contributed by atoms with Crippen molar-refractivity contribution in [3.63, 3.8) is 0 Å². The maximum Gasteiger partial charge on any atom is 0.174 e. The quantitative estimate of drug-likeness (QED) is 0.784. The van der Waals surface area contributed by atoms with Crippen LogP contribution in [-0.2, 0) is 5.88 Å². The van der Waals surface area contributed by atoms with Crippen LogP contribution in [0.2, 0.25) is 0 Å². The zero-order chi connectivity index (χ0) is 10.6. The highest BCUT2D eigenvalue weighted by Gasteiger charge is 2.09. The number of hydrogen-bond donors (Lipinski definition) is 0. The average molecular weight is 339 g/mol. The Morgan fingerprint density at radius 3 is 2.71 bits per heavy atom. The van der Waals surface area contributed by atoms with Gasteiger partial charge < -0.3 is 4.74 Å². The fourth-order valence-corrected chi connectivity index (χ4v) is 2.61. The summed E-state index contributed by atoms with van der Waals surface area (Å²) in [6.07, 6.45) is 0. The highest BCUT2D eigenvalue weighted by atomic mass is 79.9. The van der Waals surface area contributed by atoms with Gasteiger partial charge in [-0.2, -0.15) is 5.26 Å². The van der Waals surface area contributed by atoms with Gasteiger partial charge in [0.15, 0.2) is 6.61 Å². The third kappa shape index (κ3) is 2.88. The molecule has 0 amide bonds. The molecule has 1 rings (SSSR count). The molecule has 74 valence electrons. The molecule has 0 radical (unpaired) electrons. The first-order valence-electron chi connectivity index (χ1n) is 3.72. The molecule has 0 unspecified atom stereocenters. The van der Waals surface area contributed by atoms with E-state index in [4.69, 9.17) is 21.6 Å². The Morgan fingerprint density at radius 1 is 1.43 bits per heavy atom. The molecule has 0 N–H and O–H groups in total. The van der Waals surface area contributed by atoms with E-state index in [1.54, 1.807) is 0 Å². The van der Waals surface area contributed by atoms with Crippen LogP contribution >= 0.6 is 43.5 Å². The monoisotopic (exact) mass is 337 g/mol. The van der Waals surface area contributed by atoms with E-state index in [1.807, 2.05) is 18.2 Å². The molecule has 0 aliphatic carbocycles. The van der Waals surface area contributed by atoms with Crippen molar-refractivity contribution in [2.75, 3.05) is 6.61 Å². The molecule has 1 aromatic carbocycles. The summed E-state index contributed by atoms with van der Waals surface area (Å²) in [6.45, 7) is 0.0180. The van der Waals surface area contributed by atoms with Crippen molar-refractivity contribution in [3.05, 3.63) is 26.6 Å². The van der Waals surface area contributed by atoms with Crippen LogP contribution in [0, 0.1) is 11.3 Å². The standard InChI is InChI=1S/C9H6Br2ClNO/c10-7-3-6(5-12)9(8(11)4-7)14-2-1-13/h3-4H,2,5H2. The highest BCUT2D eigenvalue weighted by molar-refractivity contribution is 9.11. The third-order valence-electron chi connectivity index (χ3n) is 1.51. The van der Waals surface area contributed by atoms with Crippen molar-refractivity contribution in [3.8, 4) is 11.8 Å². The molecule has 0 atom stereocenters. The Morgan fingerprint density at radius 2 is 2.14 bits per heavy atom. The first kappa shape index (κ1) is 11.8. The Labute approximate surface area is 104 Å². The maximum atomic E-state index is 8.40. The molecular formula is C9H6Br2ClNO. The highest BCUT2D eigenvalue weighted by Crippen LogP contribution is 2.33. The van der Waals surface area contributed by atoms with Gasteiger partial charge in [0, 0.05) is 10.0 Å². The van der Waals surface area contributed by atoms with E-state index in [1.165, 1.54) is 0 Å². The number of ether oxygens (including phenoxy) is 1. The molecular weight excluding hydrogens is 333 g/mol. The molecule has 14 heavy (non-hydrogen) atoms. The molecule has 0 bridgehead atoms. The van der Waals surface area contributed by atoms with Crippen molar-refractivity contribution >= 4 is 43.5 Å². The van der Waals surface area contributed by atoms with Crippen molar-refractivity contribution in [2.45, 2.75) is 5.88 Å². The van der Waals surface area contributed by atoms with Crippen molar-refractivity contribution in [2.24, 2.45) is 0 Å². The summed E-state index contributed by atoms with van der Waals surface area (Å²) in [7, 11) is 0. The number of halogens is 3. The summed E-state index contributed by atoms with van der Waals surface area (Å²) >= 11 is 12.4. The second kappa shape index (κ2) is 5.59. The largest absolute Gasteiger partial charge is 0.477 e. The minimum Gasteiger partial charge on any atom is -0.477 e. The summed E-state index contributed by atoms with van der Waals surface area (Å²) < 4.78 is 6.96. The summed E-state index contributed by atoms with van der Waals surface area (Å²) in [5.41, 5.74) is 0.850. The minimum absolute atomic E-state index is 0.0180. The van der Waals surface area contributed by atoms with Gasteiger partial charge in [-0.15, -0.1) is 11.6 Å². The van der Waals surface area contributed by atoms with E-state index in [9.17, 15) is 0 Å². The minimum atomic E-state index is 0.0180. The van der Waals surface area contributed by atoms with Gasteiger partial charge >= 0.3 is 0 Å². The maximum absolute atomic E-state index is 8.40. The lowest BCUT2D eigenvalue weighted by molar-refractivity contribution is 0.363. The predicted molar refractivity (Wildman–Crippen MR) is 62.5 cm³/mol. The van der Waals surface area contributed by atoms with Crippen molar-refractivity contribution in [1.82, 2.24) is 0 Å². The van der Waals surface area contributed by atoms with E-state index < -0.39 is 0 Å². The average Bonchev–Trinajstić information content (AvgIpc) is 2.15. The molecule has 0 heterocycles. The van der Waals surface area contributed by atoms with Crippen LogP contribution in [0.3, 0.4) is 0 Å². The summed E-state index contributed by atoms with van der Waals surface area (Å²) in [6, 6.07) is 5.63. The lowest BCUT2D eigenvalue weighted by Gasteiger charge is -2.09. The lowest BCUT2D eigenvalue weighted by atomic mass is 10.2. The van der Waals surface area contributed by atoms with Crippen molar-refractivity contribution in [1.29, 1.82) is 5.26 Å². The Bertz CT molecular complexity index is 376. The van der Waals surface area contributed by atoms with Gasteiger partial charge in [-0.3, -0.25) is 0 Å². The summed E-state index contributed by atoms with van der Waals surface area (Å²) in [5.74, 6) is 0.975. The van der Waals surface area contributed by atoms with Gasteiger partial charge in [0.1, 0.15) is 11.8 Å². The van der Waals surface area contributed by atoms with Gasteiger partial charge in [-0.1, -0.05) is 15.9 Å². The molecule has 0 aliphatic heterocycles. The predicted octanol–water partition coefficient (Wildman–Crippen LogP) is 3.85. The van der Waals surface area contributed by atoms with E-state index >= 15 is 0 Å². The van der Waals surface area contributed by atoms with Crippen LogP contribution in [-0.4, -0.2) is 6.61 Å². The Balaban J connectivity index is 3.06. The Hall–Kier alpha value is -0.240. The second-order valence-corrected chi connectivity index (χ2v) is 4.49. The fraction of sp³-hybridized carbons (Fsp3) is 0.222. The van der Waals surface area contributed by atoms with E-state index in [0.717, 1.165) is 14.5 Å². The molecule has 0 spiro atoms. The first-order valence-corrected chi connectivity index (χ1v) is 5.84. The topological polar surface area (TPSA) is 33.0 Å². The van der Waals surface area contributed by atoms with Crippen LogP contribution in [0.15, 0.2) is 21.1 Å². The number of benzene rings is 1. The number of rotatable bonds is 3. The molecule has 0 fully saturated rings. The van der Waals surface area contributed by atoms with Crippen LogP contribution < -0.4 is 4.74 Å². The molecule has 2 nitrogen and oxygen atoms in total. The third-order valence-corrected chi connectivity index (χ3v) is 2.85. The van der Waals surface area contributed by atoms with Crippen LogP contribution in [0.5, 0.6) is 5.75 Å². The SMILES string of the molecule is N#CCOc1c(Br)cc(Br)cc1CCl. The summed E-state index contributed by atoms with van der Waals surface area (Å²) in [5, 5.41) is 8.40. The van der Waals surface area contributed by atoms with Crippen molar-refractivity contribution < 1.29 is 4.74 Å². The van der Waals surface area contributed by atoms with E-state index in [0.29, 0.717) is 11.6 Å². The molecule has 0 saturated carbocycles. The number of hydrogen-bond acceptors (Lipinski definition) is 2. The van der Waals surface area contributed by atoms with Crippen LogP contribution in [0.1, 0.15) is 5.56 Å². The number of alkyl halides is 1. The normalized spacial score (nSPS) is 9.57. The van der Waals surface area contributed by atoms with Crippen LogP contribution in [0.25, 0.3) is 0 Å².